The SMILES string of the molecule is Cc1cc(N2CCC(NC(=O)Nc3ccccc3F)C2=O)ccc1F. The average Bonchev–Trinajstić information content (AvgIpc) is 2.93. The van der Waals surface area contributed by atoms with Gasteiger partial charge < -0.3 is 15.5 Å². The van der Waals surface area contributed by atoms with Crippen LogP contribution >= 0.6 is 0 Å². The van der Waals surface area contributed by atoms with E-state index >= 15 is 0 Å². The second-order valence-corrected chi connectivity index (χ2v) is 5.84. The van der Waals surface area contributed by atoms with Crippen molar-refractivity contribution in [2.75, 3.05) is 16.8 Å². The molecule has 1 heterocycles. The summed E-state index contributed by atoms with van der Waals surface area (Å²) in [6, 6.07) is 8.84. The number of rotatable bonds is 3. The van der Waals surface area contributed by atoms with Gasteiger partial charge in [0, 0.05) is 12.2 Å². The van der Waals surface area contributed by atoms with Crippen molar-refractivity contribution in [1.29, 1.82) is 0 Å². The molecule has 1 atom stereocenters. The Morgan fingerprint density at radius 3 is 2.64 bits per heavy atom. The van der Waals surface area contributed by atoms with Crippen LogP contribution in [0, 0.1) is 18.6 Å². The molecule has 0 bridgehead atoms. The molecule has 7 heteroatoms. The highest BCUT2D eigenvalue weighted by Gasteiger charge is 2.33. The summed E-state index contributed by atoms with van der Waals surface area (Å²) >= 11 is 0. The van der Waals surface area contributed by atoms with E-state index in [0.29, 0.717) is 24.2 Å². The van der Waals surface area contributed by atoms with Gasteiger partial charge in [-0.15, -0.1) is 0 Å². The number of anilines is 2. The van der Waals surface area contributed by atoms with Gasteiger partial charge >= 0.3 is 6.03 Å². The maximum absolute atomic E-state index is 13.5. The van der Waals surface area contributed by atoms with E-state index in [2.05, 4.69) is 10.6 Å². The Balaban J connectivity index is 1.65. The molecule has 0 spiro atoms. The molecule has 0 saturated carbocycles. The van der Waals surface area contributed by atoms with E-state index in [4.69, 9.17) is 0 Å². The van der Waals surface area contributed by atoms with Gasteiger partial charge in [-0.2, -0.15) is 0 Å². The molecule has 1 aliphatic rings. The van der Waals surface area contributed by atoms with Crippen LogP contribution in [0.4, 0.5) is 25.0 Å². The Morgan fingerprint density at radius 2 is 1.92 bits per heavy atom. The third kappa shape index (κ3) is 3.60. The topological polar surface area (TPSA) is 61.4 Å². The molecule has 1 aliphatic heterocycles. The van der Waals surface area contributed by atoms with E-state index in [9.17, 15) is 18.4 Å². The van der Waals surface area contributed by atoms with E-state index in [1.165, 1.54) is 35.2 Å². The largest absolute Gasteiger partial charge is 0.326 e. The lowest BCUT2D eigenvalue weighted by Gasteiger charge is -2.18. The molecule has 0 radical (unpaired) electrons. The lowest BCUT2D eigenvalue weighted by atomic mass is 10.2. The Bertz CT molecular complexity index is 826. The summed E-state index contributed by atoms with van der Waals surface area (Å²) in [6.45, 7) is 2.03. The molecule has 3 rings (SSSR count). The first-order valence-corrected chi connectivity index (χ1v) is 7.85. The molecule has 1 saturated heterocycles. The maximum Gasteiger partial charge on any atom is 0.319 e. The highest BCUT2D eigenvalue weighted by molar-refractivity contribution is 6.02. The molecule has 2 aromatic rings. The van der Waals surface area contributed by atoms with Gasteiger partial charge in [-0.25, -0.2) is 13.6 Å². The van der Waals surface area contributed by atoms with E-state index in [1.54, 1.807) is 19.1 Å². The van der Waals surface area contributed by atoms with Crippen molar-refractivity contribution in [1.82, 2.24) is 5.32 Å². The Labute approximate surface area is 143 Å². The van der Waals surface area contributed by atoms with Crippen LogP contribution in [0.1, 0.15) is 12.0 Å². The number of hydrogen-bond acceptors (Lipinski definition) is 2. The van der Waals surface area contributed by atoms with E-state index < -0.39 is 17.9 Å². The van der Waals surface area contributed by atoms with Crippen LogP contribution < -0.4 is 15.5 Å². The van der Waals surface area contributed by atoms with Gasteiger partial charge in [-0.1, -0.05) is 12.1 Å². The summed E-state index contributed by atoms with van der Waals surface area (Å²) in [5.74, 6) is -1.18. The van der Waals surface area contributed by atoms with E-state index in [-0.39, 0.29) is 17.4 Å². The second kappa shape index (κ2) is 6.88. The third-order valence-electron chi connectivity index (χ3n) is 4.09. The molecule has 1 fully saturated rings. The first-order chi connectivity index (χ1) is 12.0. The summed E-state index contributed by atoms with van der Waals surface area (Å²) in [6.07, 6.45) is 0.417. The van der Waals surface area contributed by atoms with Crippen LogP contribution in [0.2, 0.25) is 0 Å². The predicted molar refractivity (Wildman–Crippen MR) is 90.4 cm³/mol. The Morgan fingerprint density at radius 1 is 1.16 bits per heavy atom. The quantitative estimate of drug-likeness (QED) is 0.897. The minimum atomic E-state index is -0.711. The van der Waals surface area contributed by atoms with Gasteiger partial charge in [-0.05, 0) is 49.2 Å². The molecule has 1 unspecified atom stereocenters. The van der Waals surface area contributed by atoms with Crippen molar-refractivity contribution in [2.24, 2.45) is 0 Å². The fourth-order valence-electron chi connectivity index (χ4n) is 2.75. The van der Waals surface area contributed by atoms with Crippen LogP contribution in [-0.2, 0) is 4.79 Å². The fraction of sp³-hybridized carbons (Fsp3) is 0.222. The smallest absolute Gasteiger partial charge is 0.319 e. The minimum absolute atomic E-state index is 0.0384. The standard InChI is InChI=1S/C18H17F2N3O2/c1-11-10-12(6-7-13(11)19)23-9-8-16(17(23)24)22-18(25)21-15-5-3-2-4-14(15)20/h2-7,10,16H,8-9H2,1H3,(H2,21,22,25). The number of nitrogens with zero attached hydrogens (tertiary/aromatic N) is 1. The van der Waals surface area contributed by atoms with Gasteiger partial charge in [0.2, 0.25) is 5.91 Å². The number of hydrogen-bond donors (Lipinski definition) is 2. The molecule has 0 aromatic heterocycles. The van der Waals surface area contributed by atoms with Crippen LogP contribution in [0.25, 0.3) is 0 Å². The van der Waals surface area contributed by atoms with Crippen LogP contribution in [-0.4, -0.2) is 24.5 Å². The lowest BCUT2D eigenvalue weighted by molar-refractivity contribution is -0.118. The lowest BCUT2D eigenvalue weighted by Crippen LogP contribution is -2.43. The van der Waals surface area contributed by atoms with Crippen LogP contribution in [0.5, 0.6) is 0 Å². The monoisotopic (exact) mass is 345 g/mol. The first kappa shape index (κ1) is 16.9. The number of benzene rings is 2. The summed E-state index contributed by atoms with van der Waals surface area (Å²) in [5, 5.41) is 4.93. The van der Waals surface area contributed by atoms with Gasteiger partial charge in [0.25, 0.3) is 0 Å². The summed E-state index contributed by atoms with van der Waals surface area (Å²) in [5.41, 5.74) is 1.07. The molecule has 5 nitrogen and oxygen atoms in total. The summed E-state index contributed by atoms with van der Waals surface area (Å²) in [4.78, 5) is 26.0. The number of carbonyl (C=O) groups is 2. The predicted octanol–water partition coefficient (Wildman–Crippen LogP) is 3.20. The number of urea groups is 1. The third-order valence-corrected chi connectivity index (χ3v) is 4.09. The number of para-hydroxylation sites is 1. The zero-order valence-electron chi connectivity index (χ0n) is 13.6. The molecule has 2 aromatic carbocycles. The highest BCUT2D eigenvalue weighted by Crippen LogP contribution is 2.24. The highest BCUT2D eigenvalue weighted by atomic mass is 19.1. The van der Waals surface area contributed by atoms with Gasteiger partial charge in [0.15, 0.2) is 0 Å². The van der Waals surface area contributed by atoms with Gasteiger partial charge in [0.1, 0.15) is 17.7 Å². The minimum Gasteiger partial charge on any atom is -0.326 e. The van der Waals surface area contributed by atoms with Gasteiger partial charge in [0.05, 0.1) is 5.69 Å². The van der Waals surface area contributed by atoms with Crippen molar-refractivity contribution in [2.45, 2.75) is 19.4 Å². The molecular formula is C18H17F2N3O2. The zero-order chi connectivity index (χ0) is 18.0. The molecule has 2 N–H and O–H groups in total. The summed E-state index contributed by atoms with van der Waals surface area (Å²) in [7, 11) is 0. The van der Waals surface area contributed by atoms with E-state index in [0.717, 1.165) is 0 Å². The first-order valence-electron chi connectivity index (χ1n) is 7.85. The molecule has 3 amide bonds. The van der Waals surface area contributed by atoms with Crippen molar-refractivity contribution >= 4 is 23.3 Å². The zero-order valence-corrected chi connectivity index (χ0v) is 13.6. The number of aryl methyl sites for hydroxylation is 1. The van der Waals surface area contributed by atoms with Crippen molar-refractivity contribution in [3.63, 3.8) is 0 Å². The van der Waals surface area contributed by atoms with Crippen molar-refractivity contribution in [3.05, 3.63) is 59.7 Å². The van der Waals surface area contributed by atoms with Gasteiger partial charge in [-0.3, -0.25) is 4.79 Å². The fourth-order valence-corrected chi connectivity index (χ4v) is 2.75. The molecular weight excluding hydrogens is 328 g/mol. The van der Waals surface area contributed by atoms with Crippen LogP contribution in [0.3, 0.4) is 0 Å². The second-order valence-electron chi connectivity index (χ2n) is 5.84. The number of amides is 3. The Kier molecular flexibility index (Phi) is 4.65. The Hall–Kier alpha value is -2.96. The summed E-state index contributed by atoms with van der Waals surface area (Å²) < 4.78 is 26.9. The average molecular weight is 345 g/mol. The van der Waals surface area contributed by atoms with Crippen molar-refractivity contribution in [3.8, 4) is 0 Å². The molecule has 0 aliphatic carbocycles. The molecule has 25 heavy (non-hydrogen) atoms. The maximum atomic E-state index is 13.5. The number of halogens is 2. The molecule has 130 valence electrons. The number of carbonyl (C=O) groups excluding carboxylic acids is 2. The normalized spacial score (nSPS) is 16.8. The van der Waals surface area contributed by atoms with Crippen molar-refractivity contribution < 1.29 is 18.4 Å². The number of nitrogens with one attached hydrogen (secondary N) is 2. The van der Waals surface area contributed by atoms with Crippen LogP contribution in [0.15, 0.2) is 42.5 Å². The van der Waals surface area contributed by atoms with E-state index in [1.807, 2.05) is 0 Å².